The van der Waals surface area contributed by atoms with E-state index in [4.69, 9.17) is 0 Å². The first-order valence-electron chi connectivity index (χ1n) is 5.06. The molecule has 0 atom stereocenters. The minimum absolute atomic E-state index is 0.224. The summed E-state index contributed by atoms with van der Waals surface area (Å²) in [5.74, 6) is 0.474. The van der Waals surface area contributed by atoms with Crippen molar-refractivity contribution in [3.8, 4) is 0 Å². The van der Waals surface area contributed by atoms with E-state index in [1.54, 1.807) is 25.3 Å². The van der Waals surface area contributed by atoms with E-state index in [2.05, 4.69) is 22.2 Å². The van der Waals surface area contributed by atoms with E-state index < -0.39 is 0 Å². The number of hydrogen-bond acceptors (Lipinski definition) is 1. The molecule has 0 amide bonds. The van der Waals surface area contributed by atoms with Crippen molar-refractivity contribution in [1.82, 2.24) is 10.6 Å². The summed E-state index contributed by atoms with van der Waals surface area (Å²) in [6.07, 6.45) is 1.75. The molecule has 0 spiro atoms. The van der Waals surface area contributed by atoms with Crippen LogP contribution in [0.1, 0.15) is 5.56 Å². The van der Waals surface area contributed by atoms with Gasteiger partial charge in [0.2, 0.25) is 0 Å². The first-order valence-corrected chi connectivity index (χ1v) is 5.06. The van der Waals surface area contributed by atoms with Crippen LogP contribution in [0.2, 0.25) is 0 Å². The Morgan fingerprint density at radius 2 is 2.06 bits per heavy atom. The van der Waals surface area contributed by atoms with Crippen LogP contribution in [0.5, 0.6) is 0 Å². The lowest BCUT2D eigenvalue weighted by Crippen LogP contribution is -2.36. The van der Waals surface area contributed by atoms with Gasteiger partial charge >= 0.3 is 0 Å². The molecule has 1 aromatic carbocycles. The normalized spacial score (nSPS) is 11.0. The molecule has 0 radical (unpaired) electrons. The number of benzene rings is 1. The predicted octanol–water partition coefficient (Wildman–Crippen LogP) is 1.68. The molecule has 2 N–H and O–H groups in total. The van der Waals surface area contributed by atoms with E-state index in [9.17, 15) is 4.39 Å². The average Bonchev–Trinajstić information content (AvgIpc) is 2.32. The van der Waals surface area contributed by atoms with Crippen molar-refractivity contribution in [3.05, 3.63) is 48.3 Å². The van der Waals surface area contributed by atoms with Crippen LogP contribution in [-0.2, 0) is 6.54 Å². The van der Waals surface area contributed by atoms with Crippen LogP contribution in [0.25, 0.3) is 0 Å². The number of aliphatic imine (C=N–C) groups is 1. The third kappa shape index (κ3) is 4.13. The van der Waals surface area contributed by atoms with Crippen LogP contribution in [0, 0.1) is 5.82 Å². The zero-order valence-corrected chi connectivity index (χ0v) is 9.33. The molecule has 0 aliphatic rings. The summed E-state index contributed by atoms with van der Waals surface area (Å²) in [4.78, 5) is 4.03. The Morgan fingerprint density at radius 1 is 1.38 bits per heavy atom. The topological polar surface area (TPSA) is 36.4 Å². The van der Waals surface area contributed by atoms with E-state index in [0.717, 1.165) is 5.56 Å². The van der Waals surface area contributed by atoms with Gasteiger partial charge in [0, 0.05) is 20.1 Å². The molecule has 0 aromatic heterocycles. The third-order valence-electron chi connectivity index (χ3n) is 2.01. The highest BCUT2D eigenvalue weighted by atomic mass is 19.1. The molecule has 86 valence electrons. The zero-order valence-electron chi connectivity index (χ0n) is 9.33. The summed E-state index contributed by atoms with van der Waals surface area (Å²) in [6.45, 7) is 4.87. The molecule has 3 nitrogen and oxygen atoms in total. The van der Waals surface area contributed by atoms with Crippen LogP contribution >= 0.6 is 0 Å². The number of nitrogens with zero attached hydrogens (tertiary/aromatic N) is 1. The van der Waals surface area contributed by atoms with Crippen LogP contribution in [-0.4, -0.2) is 19.6 Å². The highest BCUT2D eigenvalue weighted by molar-refractivity contribution is 5.79. The maximum atomic E-state index is 12.7. The molecule has 4 heteroatoms. The second kappa shape index (κ2) is 6.61. The van der Waals surface area contributed by atoms with Crippen molar-refractivity contribution in [2.24, 2.45) is 4.99 Å². The van der Waals surface area contributed by atoms with Crippen LogP contribution in [0.15, 0.2) is 41.9 Å². The van der Waals surface area contributed by atoms with E-state index in [0.29, 0.717) is 19.0 Å². The monoisotopic (exact) mass is 221 g/mol. The van der Waals surface area contributed by atoms with Crippen molar-refractivity contribution in [1.29, 1.82) is 0 Å². The van der Waals surface area contributed by atoms with Crippen LogP contribution in [0.4, 0.5) is 4.39 Å². The van der Waals surface area contributed by atoms with Crippen molar-refractivity contribution in [2.75, 3.05) is 13.6 Å². The minimum atomic E-state index is -0.224. The number of guanidine groups is 1. The highest BCUT2D eigenvalue weighted by Gasteiger charge is 1.96. The van der Waals surface area contributed by atoms with Gasteiger partial charge < -0.3 is 10.6 Å². The second-order valence-electron chi connectivity index (χ2n) is 3.22. The van der Waals surface area contributed by atoms with Crippen LogP contribution in [0.3, 0.4) is 0 Å². The van der Waals surface area contributed by atoms with E-state index >= 15 is 0 Å². The minimum Gasteiger partial charge on any atom is -0.353 e. The average molecular weight is 221 g/mol. The Kier molecular flexibility index (Phi) is 5.05. The molecule has 1 aromatic rings. The van der Waals surface area contributed by atoms with Gasteiger partial charge in [-0.15, -0.1) is 6.58 Å². The Balaban J connectivity index is 2.43. The van der Waals surface area contributed by atoms with Gasteiger partial charge in [0.25, 0.3) is 0 Å². The maximum Gasteiger partial charge on any atom is 0.191 e. The van der Waals surface area contributed by atoms with Gasteiger partial charge in [-0.3, -0.25) is 4.99 Å². The Labute approximate surface area is 95.1 Å². The van der Waals surface area contributed by atoms with Gasteiger partial charge in [-0.1, -0.05) is 18.2 Å². The standard InChI is InChI=1S/C12H16FN3/c1-3-8-15-12(14-2)16-9-10-4-6-11(13)7-5-10/h3-7H,1,8-9H2,2H3,(H2,14,15,16). The van der Waals surface area contributed by atoms with E-state index in [1.807, 2.05) is 0 Å². The van der Waals surface area contributed by atoms with Gasteiger partial charge in [0.1, 0.15) is 5.82 Å². The van der Waals surface area contributed by atoms with Crippen molar-refractivity contribution < 1.29 is 4.39 Å². The molecule has 0 saturated heterocycles. The summed E-state index contributed by atoms with van der Waals surface area (Å²) >= 11 is 0. The molecule has 16 heavy (non-hydrogen) atoms. The molecule has 0 heterocycles. The van der Waals surface area contributed by atoms with E-state index in [1.165, 1.54) is 12.1 Å². The molecule has 0 fully saturated rings. The lowest BCUT2D eigenvalue weighted by atomic mass is 10.2. The van der Waals surface area contributed by atoms with Gasteiger partial charge in [-0.25, -0.2) is 4.39 Å². The summed E-state index contributed by atoms with van der Waals surface area (Å²) in [5, 5.41) is 6.16. The molecule has 0 unspecified atom stereocenters. The Hall–Kier alpha value is -1.84. The van der Waals surface area contributed by atoms with Crippen molar-refractivity contribution >= 4 is 5.96 Å². The van der Waals surface area contributed by atoms with Crippen molar-refractivity contribution in [3.63, 3.8) is 0 Å². The fourth-order valence-electron chi connectivity index (χ4n) is 1.18. The maximum absolute atomic E-state index is 12.7. The fourth-order valence-corrected chi connectivity index (χ4v) is 1.18. The summed E-state index contributed by atoms with van der Waals surface area (Å²) < 4.78 is 12.7. The number of halogens is 1. The smallest absolute Gasteiger partial charge is 0.191 e. The number of rotatable bonds is 4. The molecule has 0 saturated carbocycles. The van der Waals surface area contributed by atoms with Gasteiger partial charge in [0.15, 0.2) is 5.96 Å². The SMILES string of the molecule is C=CCNC(=NC)NCc1ccc(F)cc1. The Bertz CT molecular complexity index is 357. The molecular weight excluding hydrogens is 205 g/mol. The molecule has 0 aliphatic carbocycles. The summed E-state index contributed by atoms with van der Waals surface area (Å²) in [7, 11) is 1.70. The lowest BCUT2D eigenvalue weighted by Gasteiger charge is -2.10. The van der Waals surface area contributed by atoms with E-state index in [-0.39, 0.29) is 5.82 Å². The summed E-state index contributed by atoms with van der Waals surface area (Å²) in [6, 6.07) is 6.36. The number of nitrogens with one attached hydrogen (secondary N) is 2. The van der Waals surface area contributed by atoms with Gasteiger partial charge in [0.05, 0.1) is 0 Å². The molecule has 0 aliphatic heterocycles. The molecular formula is C12H16FN3. The molecule has 1 rings (SSSR count). The quantitative estimate of drug-likeness (QED) is 0.461. The van der Waals surface area contributed by atoms with Gasteiger partial charge in [-0.2, -0.15) is 0 Å². The fraction of sp³-hybridized carbons (Fsp3) is 0.250. The zero-order chi connectivity index (χ0) is 11.8. The first-order chi connectivity index (χ1) is 7.76. The highest BCUT2D eigenvalue weighted by Crippen LogP contribution is 2.01. The largest absolute Gasteiger partial charge is 0.353 e. The first kappa shape index (κ1) is 12.2. The lowest BCUT2D eigenvalue weighted by molar-refractivity contribution is 0.626. The number of hydrogen-bond donors (Lipinski definition) is 2. The molecule has 0 bridgehead atoms. The Morgan fingerprint density at radius 3 is 2.62 bits per heavy atom. The van der Waals surface area contributed by atoms with Gasteiger partial charge in [-0.05, 0) is 17.7 Å². The third-order valence-corrected chi connectivity index (χ3v) is 2.01. The predicted molar refractivity (Wildman–Crippen MR) is 64.8 cm³/mol. The summed E-state index contributed by atoms with van der Waals surface area (Å²) in [5.41, 5.74) is 1.00. The van der Waals surface area contributed by atoms with Crippen molar-refractivity contribution in [2.45, 2.75) is 6.54 Å². The van der Waals surface area contributed by atoms with Crippen LogP contribution < -0.4 is 10.6 Å². The second-order valence-corrected chi connectivity index (χ2v) is 3.22.